The van der Waals surface area contributed by atoms with Gasteiger partial charge < -0.3 is 10.8 Å². The second-order valence-corrected chi connectivity index (χ2v) is 4.98. The molecule has 1 aromatic carbocycles. The lowest BCUT2D eigenvalue weighted by Crippen LogP contribution is -2.27. The van der Waals surface area contributed by atoms with Crippen molar-refractivity contribution in [3.8, 4) is 0 Å². The van der Waals surface area contributed by atoms with Gasteiger partial charge in [-0.05, 0) is 18.2 Å². The van der Waals surface area contributed by atoms with Gasteiger partial charge in [0.15, 0.2) is 0 Å². The summed E-state index contributed by atoms with van der Waals surface area (Å²) in [5.41, 5.74) is 5.62. The number of aliphatic hydroxyl groups is 1. The highest BCUT2D eigenvalue weighted by molar-refractivity contribution is 7.89. The Labute approximate surface area is 92.9 Å². The Morgan fingerprint density at radius 1 is 1.47 bits per heavy atom. The summed E-state index contributed by atoms with van der Waals surface area (Å²) in [6.45, 7) is -0.339. The van der Waals surface area contributed by atoms with E-state index in [2.05, 4.69) is 4.72 Å². The van der Waals surface area contributed by atoms with Gasteiger partial charge in [-0.15, -0.1) is 0 Å². The highest BCUT2D eigenvalue weighted by Gasteiger charge is 2.16. The SMILES string of the molecule is Nc1ccc(Cl)cc1S(=O)(=O)NCCO. The van der Waals surface area contributed by atoms with Crippen molar-refractivity contribution in [1.82, 2.24) is 4.72 Å². The first kappa shape index (κ1) is 12.3. The van der Waals surface area contributed by atoms with Crippen molar-refractivity contribution in [2.75, 3.05) is 18.9 Å². The second kappa shape index (κ2) is 4.80. The van der Waals surface area contributed by atoms with Crippen LogP contribution in [0.2, 0.25) is 5.02 Å². The number of hydrogen-bond donors (Lipinski definition) is 3. The molecule has 0 saturated carbocycles. The molecule has 5 nitrogen and oxygen atoms in total. The number of hydrogen-bond acceptors (Lipinski definition) is 4. The maximum atomic E-state index is 11.6. The van der Waals surface area contributed by atoms with Crippen LogP contribution < -0.4 is 10.5 Å². The van der Waals surface area contributed by atoms with Crippen molar-refractivity contribution >= 4 is 27.3 Å². The Kier molecular flexibility index (Phi) is 3.92. The topological polar surface area (TPSA) is 92.4 Å². The molecule has 1 rings (SSSR count). The lowest BCUT2D eigenvalue weighted by molar-refractivity contribution is 0.301. The number of nitrogens with one attached hydrogen (secondary N) is 1. The van der Waals surface area contributed by atoms with Crippen LogP contribution in [0.4, 0.5) is 5.69 Å². The van der Waals surface area contributed by atoms with Gasteiger partial charge in [0.25, 0.3) is 0 Å². The Morgan fingerprint density at radius 3 is 2.73 bits per heavy atom. The maximum absolute atomic E-state index is 11.6. The molecule has 0 unspecified atom stereocenters. The van der Waals surface area contributed by atoms with E-state index in [1.165, 1.54) is 18.2 Å². The third-order valence-electron chi connectivity index (χ3n) is 1.67. The van der Waals surface area contributed by atoms with Crippen molar-refractivity contribution < 1.29 is 13.5 Å². The van der Waals surface area contributed by atoms with Crippen LogP contribution in [0.1, 0.15) is 0 Å². The molecule has 0 aliphatic heterocycles. The molecule has 0 aliphatic carbocycles. The zero-order valence-electron chi connectivity index (χ0n) is 7.77. The highest BCUT2D eigenvalue weighted by Crippen LogP contribution is 2.22. The fraction of sp³-hybridized carbons (Fsp3) is 0.250. The number of halogens is 1. The Balaban J connectivity index is 3.09. The summed E-state index contributed by atoms with van der Waals surface area (Å²) < 4.78 is 25.4. The summed E-state index contributed by atoms with van der Waals surface area (Å²) in [5, 5.41) is 8.80. The summed E-state index contributed by atoms with van der Waals surface area (Å²) in [5.74, 6) is 0. The first-order valence-electron chi connectivity index (χ1n) is 4.13. The van der Waals surface area contributed by atoms with E-state index < -0.39 is 10.0 Å². The fourth-order valence-electron chi connectivity index (χ4n) is 0.999. The van der Waals surface area contributed by atoms with Gasteiger partial charge >= 0.3 is 0 Å². The molecule has 0 saturated heterocycles. The van der Waals surface area contributed by atoms with Crippen molar-refractivity contribution in [3.63, 3.8) is 0 Å². The van der Waals surface area contributed by atoms with E-state index in [0.29, 0.717) is 0 Å². The smallest absolute Gasteiger partial charge is 0.242 e. The second-order valence-electron chi connectivity index (χ2n) is 2.80. The van der Waals surface area contributed by atoms with Crippen molar-refractivity contribution in [3.05, 3.63) is 23.2 Å². The number of nitrogen functional groups attached to an aromatic ring is 1. The van der Waals surface area contributed by atoms with E-state index >= 15 is 0 Å². The maximum Gasteiger partial charge on any atom is 0.242 e. The van der Waals surface area contributed by atoms with E-state index in [0.717, 1.165) is 0 Å². The molecule has 84 valence electrons. The molecule has 0 heterocycles. The average molecular weight is 251 g/mol. The van der Waals surface area contributed by atoms with E-state index in [4.69, 9.17) is 22.4 Å². The summed E-state index contributed by atoms with van der Waals surface area (Å²) in [7, 11) is -3.70. The van der Waals surface area contributed by atoms with Gasteiger partial charge in [0.1, 0.15) is 4.90 Å². The van der Waals surface area contributed by atoms with E-state index in [-0.39, 0.29) is 28.8 Å². The number of aliphatic hydroxyl groups excluding tert-OH is 1. The van der Waals surface area contributed by atoms with Gasteiger partial charge in [-0.1, -0.05) is 11.6 Å². The molecule has 0 bridgehead atoms. The van der Waals surface area contributed by atoms with Gasteiger partial charge in [0, 0.05) is 11.6 Å². The monoisotopic (exact) mass is 250 g/mol. The molecule has 4 N–H and O–H groups in total. The number of nitrogens with two attached hydrogens (primary N) is 1. The third kappa shape index (κ3) is 3.07. The van der Waals surface area contributed by atoms with Crippen molar-refractivity contribution in [2.24, 2.45) is 0 Å². The number of sulfonamides is 1. The molecule has 0 radical (unpaired) electrons. The van der Waals surface area contributed by atoms with Crippen LogP contribution in [0.25, 0.3) is 0 Å². The molecular weight excluding hydrogens is 240 g/mol. The minimum absolute atomic E-state index is 0.0612. The highest BCUT2D eigenvalue weighted by atomic mass is 35.5. The minimum atomic E-state index is -3.70. The molecule has 0 aliphatic rings. The summed E-state index contributed by atoms with van der Waals surface area (Å²) >= 11 is 5.66. The van der Waals surface area contributed by atoms with Crippen LogP contribution in [-0.4, -0.2) is 26.7 Å². The van der Waals surface area contributed by atoms with Gasteiger partial charge in [0.2, 0.25) is 10.0 Å². The molecule has 1 aromatic rings. The summed E-state index contributed by atoms with van der Waals surface area (Å²) in [4.78, 5) is -0.0801. The van der Waals surface area contributed by atoms with Crippen LogP contribution in [0, 0.1) is 0 Å². The van der Waals surface area contributed by atoms with Gasteiger partial charge in [0.05, 0.1) is 12.3 Å². The van der Waals surface area contributed by atoms with Crippen LogP contribution in [0.3, 0.4) is 0 Å². The lowest BCUT2D eigenvalue weighted by atomic mass is 10.3. The zero-order valence-corrected chi connectivity index (χ0v) is 9.35. The molecule has 0 fully saturated rings. The van der Waals surface area contributed by atoms with E-state index in [9.17, 15) is 8.42 Å². The zero-order chi connectivity index (χ0) is 11.5. The molecule has 7 heteroatoms. The molecule has 15 heavy (non-hydrogen) atoms. The van der Waals surface area contributed by atoms with Crippen molar-refractivity contribution in [2.45, 2.75) is 4.90 Å². The van der Waals surface area contributed by atoms with Gasteiger partial charge in [-0.3, -0.25) is 0 Å². The molecule has 0 atom stereocenters. The first-order valence-corrected chi connectivity index (χ1v) is 5.99. The normalized spacial score (nSPS) is 11.6. The van der Waals surface area contributed by atoms with Crippen molar-refractivity contribution in [1.29, 1.82) is 0 Å². The summed E-state index contributed by atoms with van der Waals surface area (Å²) in [6.07, 6.45) is 0. The molecule has 0 aromatic heterocycles. The van der Waals surface area contributed by atoms with Crippen LogP contribution in [0.15, 0.2) is 23.1 Å². The van der Waals surface area contributed by atoms with E-state index in [1.807, 2.05) is 0 Å². The molecule has 0 amide bonds. The van der Waals surface area contributed by atoms with E-state index in [1.54, 1.807) is 0 Å². The Hall–Kier alpha value is -0.820. The van der Waals surface area contributed by atoms with Crippen LogP contribution in [0.5, 0.6) is 0 Å². The third-order valence-corrected chi connectivity index (χ3v) is 3.42. The molecular formula is C8H11ClN2O3S. The van der Waals surface area contributed by atoms with Gasteiger partial charge in [-0.2, -0.15) is 0 Å². The minimum Gasteiger partial charge on any atom is -0.398 e. The lowest BCUT2D eigenvalue weighted by Gasteiger charge is -2.08. The Bertz CT molecular complexity index is 447. The van der Waals surface area contributed by atoms with Crippen LogP contribution in [-0.2, 0) is 10.0 Å². The average Bonchev–Trinajstić information content (AvgIpc) is 2.18. The van der Waals surface area contributed by atoms with Crippen LogP contribution >= 0.6 is 11.6 Å². The predicted molar refractivity (Wildman–Crippen MR) is 58.1 cm³/mol. The number of benzene rings is 1. The standard InChI is InChI=1S/C8H11ClN2O3S/c9-6-1-2-7(10)8(5-6)15(13,14)11-3-4-12/h1-2,5,11-12H,3-4,10H2. The number of rotatable bonds is 4. The molecule has 0 spiro atoms. The fourth-order valence-corrected chi connectivity index (χ4v) is 2.41. The predicted octanol–water partition coefficient (Wildman–Crippen LogP) is 0.193. The summed E-state index contributed by atoms with van der Waals surface area (Å²) in [6, 6.07) is 4.17. The van der Waals surface area contributed by atoms with Gasteiger partial charge in [-0.25, -0.2) is 13.1 Å². The largest absolute Gasteiger partial charge is 0.398 e. The number of anilines is 1. The Morgan fingerprint density at radius 2 is 2.13 bits per heavy atom. The first-order chi connectivity index (χ1) is 6.97. The quantitative estimate of drug-likeness (QED) is 0.666.